The number of carbonyl (C=O) groups excluding carboxylic acids is 3. The Morgan fingerprint density at radius 2 is 1.91 bits per heavy atom. The number of ketones is 1. The third-order valence-corrected chi connectivity index (χ3v) is 3.22. The van der Waals surface area contributed by atoms with Crippen LogP contribution in [0.25, 0.3) is 0 Å². The second-order valence-corrected chi connectivity index (χ2v) is 6.02. The Hall–Kier alpha value is -2.31. The molecule has 122 valence electrons. The lowest BCUT2D eigenvalue weighted by atomic mass is 9.88. The molecule has 0 aliphatic carbocycles. The number of urea groups is 1. The van der Waals surface area contributed by atoms with E-state index in [0.29, 0.717) is 17.0 Å². The minimum atomic E-state index is -0.779. The van der Waals surface area contributed by atoms with E-state index in [1.54, 1.807) is 19.9 Å². The Bertz CT molecular complexity index is 597. The summed E-state index contributed by atoms with van der Waals surface area (Å²) in [6.07, 6.45) is 0.0734. The minimum absolute atomic E-state index is 0.0204. The van der Waals surface area contributed by atoms with Crippen LogP contribution in [0.3, 0.4) is 0 Å². The van der Waals surface area contributed by atoms with Crippen LogP contribution in [-0.4, -0.2) is 29.1 Å². The summed E-state index contributed by atoms with van der Waals surface area (Å²) >= 11 is 0. The first-order valence-electron chi connectivity index (χ1n) is 7.06. The molecular formula is C15H23N3O4. The highest BCUT2D eigenvalue weighted by Crippen LogP contribution is 2.21. The third kappa shape index (κ3) is 4.09. The highest BCUT2D eigenvalue weighted by Gasteiger charge is 2.26. The summed E-state index contributed by atoms with van der Waals surface area (Å²) in [4.78, 5) is 35.3. The van der Waals surface area contributed by atoms with Gasteiger partial charge in [-0.05, 0) is 19.9 Å². The fraction of sp³-hybridized carbons (Fsp3) is 0.533. The lowest BCUT2D eigenvalue weighted by Crippen LogP contribution is -2.32. The van der Waals surface area contributed by atoms with Gasteiger partial charge in [-0.3, -0.25) is 9.47 Å². The molecule has 0 atom stereocenters. The number of nitrogens with zero attached hydrogens (tertiary/aromatic N) is 1. The monoisotopic (exact) mass is 309 g/mol. The van der Waals surface area contributed by atoms with E-state index < -0.39 is 17.4 Å². The highest BCUT2D eigenvalue weighted by molar-refractivity contribution is 5.93. The number of hydrogen-bond acceptors (Lipinski definition) is 4. The molecule has 0 saturated heterocycles. The molecule has 0 saturated carbocycles. The molecule has 0 aliphatic rings. The molecule has 0 fully saturated rings. The number of esters is 1. The van der Waals surface area contributed by atoms with Crippen molar-refractivity contribution in [3.8, 4) is 0 Å². The molecule has 0 aromatic carbocycles. The van der Waals surface area contributed by atoms with Crippen LogP contribution in [0.5, 0.6) is 0 Å². The van der Waals surface area contributed by atoms with Gasteiger partial charge in [-0.1, -0.05) is 20.8 Å². The fourth-order valence-electron chi connectivity index (χ4n) is 1.91. The van der Waals surface area contributed by atoms with E-state index in [4.69, 9.17) is 10.5 Å². The van der Waals surface area contributed by atoms with E-state index in [1.165, 1.54) is 4.68 Å². The maximum Gasteiger partial charge on any atom is 0.340 e. The lowest BCUT2D eigenvalue weighted by molar-refractivity contribution is -0.125. The number of nitrogens with one attached hydrogen (secondary N) is 1. The van der Waals surface area contributed by atoms with Crippen LogP contribution in [0.15, 0.2) is 6.07 Å². The van der Waals surface area contributed by atoms with Gasteiger partial charge >= 0.3 is 12.0 Å². The van der Waals surface area contributed by atoms with Gasteiger partial charge in [-0.2, -0.15) is 0 Å². The smallest absolute Gasteiger partial charge is 0.340 e. The molecule has 0 aliphatic heterocycles. The van der Waals surface area contributed by atoms with Crippen LogP contribution in [-0.2, 0) is 16.0 Å². The van der Waals surface area contributed by atoms with Gasteiger partial charge in [0, 0.05) is 17.5 Å². The predicted molar refractivity (Wildman–Crippen MR) is 82.2 cm³/mol. The number of primary amides is 1. The number of rotatable bonds is 5. The van der Waals surface area contributed by atoms with Crippen LogP contribution >= 0.6 is 0 Å². The SMILES string of the molecule is CCOC(=O)c1cc(CC(=O)C(C)(C)C)n(NC(N)=O)c1C. The van der Waals surface area contributed by atoms with Crippen molar-refractivity contribution in [2.24, 2.45) is 11.1 Å². The summed E-state index contributed by atoms with van der Waals surface area (Å²) in [6, 6.07) is 0.769. The number of nitrogens with two attached hydrogens (primary N) is 1. The van der Waals surface area contributed by atoms with Gasteiger partial charge in [0.15, 0.2) is 0 Å². The number of amides is 2. The summed E-state index contributed by atoms with van der Waals surface area (Å²) in [5.74, 6) is -0.526. The first-order valence-corrected chi connectivity index (χ1v) is 7.06. The van der Waals surface area contributed by atoms with E-state index in [2.05, 4.69) is 5.43 Å². The summed E-state index contributed by atoms with van der Waals surface area (Å²) in [7, 11) is 0. The normalized spacial score (nSPS) is 11.1. The molecular weight excluding hydrogens is 286 g/mol. The van der Waals surface area contributed by atoms with Crippen molar-refractivity contribution in [1.82, 2.24) is 4.68 Å². The Morgan fingerprint density at radius 1 is 1.32 bits per heavy atom. The van der Waals surface area contributed by atoms with Crippen LogP contribution in [0.1, 0.15) is 49.4 Å². The van der Waals surface area contributed by atoms with E-state index in [0.717, 1.165) is 0 Å². The standard InChI is InChI=1S/C15H23N3O4/c1-6-22-13(20)11-7-10(8-12(19)15(3,4)5)18(9(11)2)17-14(16)21/h7H,6,8H2,1-5H3,(H3,16,17,21). The van der Waals surface area contributed by atoms with Crippen LogP contribution < -0.4 is 11.2 Å². The molecule has 0 radical (unpaired) electrons. The van der Waals surface area contributed by atoms with Crippen molar-refractivity contribution >= 4 is 17.8 Å². The molecule has 22 heavy (non-hydrogen) atoms. The van der Waals surface area contributed by atoms with E-state index in [9.17, 15) is 14.4 Å². The molecule has 7 nitrogen and oxygen atoms in total. The average Bonchev–Trinajstić information content (AvgIpc) is 2.66. The Labute approximate surface area is 129 Å². The second kappa shape index (κ2) is 6.64. The van der Waals surface area contributed by atoms with Crippen LogP contribution in [0, 0.1) is 12.3 Å². The van der Waals surface area contributed by atoms with E-state index in [-0.39, 0.29) is 18.8 Å². The summed E-state index contributed by atoms with van der Waals surface area (Å²) < 4.78 is 6.33. The largest absolute Gasteiger partial charge is 0.462 e. The average molecular weight is 309 g/mol. The summed E-state index contributed by atoms with van der Waals surface area (Å²) in [5.41, 5.74) is 8.28. The Morgan fingerprint density at radius 3 is 2.36 bits per heavy atom. The van der Waals surface area contributed by atoms with Crippen LogP contribution in [0.4, 0.5) is 4.79 Å². The van der Waals surface area contributed by atoms with Gasteiger partial charge in [0.2, 0.25) is 0 Å². The van der Waals surface area contributed by atoms with E-state index in [1.807, 2.05) is 20.8 Å². The zero-order valence-corrected chi connectivity index (χ0v) is 13.6. The molecule has 1 aromatic rings. The zero-order valence-electron chi connectivity index (χ0n) is 13.6. The fourth-order valence-corrected chi connectivity index (χ4v) is 1.91. The van der Waals surface area contributed by atoms with Gasteiger partial charge in [-0.25, -0.2) is 15.0 Å². The summed E-state index contributed by atoms with van der Waals surface area (Å²) in [6.45, 7) is 9.02. The number of carbonyl (C=O) groups is 3. The maximum atomic E-state index is 12.2. The molecule has 3 N–H and O–H groups in total. The minimum Gasteiger partial charge on any atom is -0.462 e. The molecule has 0 spiro atoms. The van der Waals surface area contributed by atoms with Crippen molar-refractivity contribution in [3.63, 3.8) is 0 Å². The Balaban J connectivity index is 3.24. The molecule has 0 unspecified atom stereocenters. The molecule has 0 bridgehead atoms. The van der Waals surface area contributed by atoms with Gasteiger partial charge in [0.25, 0.3) is 0 Å². The third-order valence-electron chi connectivity index (χ3n) is 3.22. The molecule has 2 amide bonds. The predicted octanol–water partition coefficient (Wildman–Crippen LogP) is 1.75. The van der Waals surface area contributed by atoms with Crippen molar-refractivity contribution in [1.29, 1.82) is 0 Å². The first kappa shape index (κ1) is 17.7. The van der Waals surface area contributed by atoms with Gasteiger partial charge < -0.3 is 10.5 Å². The van der Waals surface area contributed by atoms with E-state index >= 15 is 0 Å². The van der Waals surface area contributed by atoms with Crippen molar-refractivity contribution in [3.05, 3.63) is 23.0 Å². The van der Waals surface area contributed by atoms with Crippen molar-refractivity contribution in [2.75, 3.05) is 12.0 Å². The highest BCUT2D eigenvalue weighted by atomic mass is 16.5. The van der Waals surface area contributed by atoms with Gasteiger partial charge in [0.05, 0.1) is 17.9 Å². The second-order valence-electron chi connectivity index (χ2n) is 6.02. The first-order chi connectivity index (χ1) is 10.1. The maximum absolute atomic E-state index is 12.2. The zero-order chi connectivity index (χ0) is 17.1. The molecule has 7 heteroatoms. The number of aromatic nitrogens is 1. The van der Waals surface area contributed by atoms with Crippen LogP contribution in [0.2, 0.25) is 0 Å². The molecule has 1 aromatic heterocycles. The van der Waals surface area contributed by atoms with Gasteiger partial charge in [-0.15, -0.1) is 0 Å². The van der Waals surface area contributed by atoms with Crippen molar-refractivity contribution < 1.29 is 19.1 Å². The summed E-state index contributed by atoms with van der Waals surface area (Å²) in [5, 5.41) is 0. The lowest BCUT2D eigenvalue weighted by Gasteiger charge is -2.17. The molecule has 1 heterocycles. The van der Waals surface area contributed by atoms with Crippen molar-refractivity contribution in [2.45, 2.75) is 41.0 Å². The quantitative estimate of drug-likeness (QED) is 0.809. The number of ether oxygens (including phenoxy) is 1. The van der Waals surface area contributed by atoms with Gasteiger partial charge in [0.1, 0.15) is 5.78 Å². The topological polar surface area (TPSA) is 103 Å². The Kier molecular flexibility index (Phi) is 5.35. The molecule has 1 rings (SSSR count). The number of hydrogen-bond donors (Lipinski definition) is 2. The number of Topliss-reactive ketones (excluding diaryl/α,β-unsaturated/α-hetero) is 1.